The second kappa shape index (κ2) is 8.40. The van der Waals surface area contributed by atoms with Gasteiger partial charge >= 0.3 is 0 Å². The number of aryl methyl sites for hydroxylation is 2. The lowest BCUT2D eigenvalue weighted by Gasteiger charge is -2.26. The molecule has 1 aliphatic heterocycles. The van der Waals surface area contributed by atoms with Crippen molar-refractivity contribution in [1.82, 2.24) is 14.3 Å². The zero-order chi connectivity index (χ0) is 21.3. The molecule has 0 radical (unpaired) electrons. The van der Waals surface area contributed by atoms with Crippen LogP contribution in [0.15, 0.2) is 48.5 Å². The maximum atomic E-state index is 6.08. The maximum absolute atomic E-state index is 6.08. The Morgan fingerprint density at radius 3 is 2.43 bits per heavy atom. The van der Waals surface area contributed by atoms with Gasteiger partial charge in [0.1, 0.15) is 6.10 Å². The van der Waals surface area contributed by atoms with E-state index >= 15 is 0 Å². The molecule has 160 valence electrons. The van der Waals surface area contributed by atoms with Crippen LogP contribution < -0.4 is 0 Å². The van der Waals surface area contributed by atoms with Crippen molar-refractivity contribution < 1.29 is 9.47 Å². The molecule has 1 aromatic carbocycles. The van der Waals surface area contributed by atoms with Gasteiger partial charge in [0, 0.05) is 35.2 Å². The van der Waals surface area contributed by atoms with Gasteiger partial charge < -0.3 is 14.0 Å². The number of aromatic nitrogens is 3. The Bertz CT molecular complexity index is 962. The highest BCUT2D eigenvalue weighted by molar-refractivity contribution is 5.35. The fraction of sp³-hybridized carbons (Fsp3) is 0.480. The molecule has 3 aromatic rings. The largest absolute Gasteiger partial charge is 0.374 e. The summed E-state index contributed by atoms with van der Waals surface area (Å²) in [5.41, 5.74) is 4.79. The summed E-state index contributed by atoms with van der Waals surface area (Å²) < 4.78 is 16.5. The third-order valence-electron chi connectivity index (χ3n) is 5.87. The summed E-state index contributed by atoms with van der Waals surface area (Å²) in [6, 6.07) is 17.0. The van der Waals surface area contributed by atoms with Crippen molar-refractivity contribution in [2.24, 2.45) is 0 Å². The number of hydrogen-bond acceptors (Lipinski definition) is 3. The first-order valence-electron chi connectivity index (χ1n) is 10.8. The molecule has 0 bridgehead atoms. The van der Waals surface area contributed by atoms with Crippen LogP contribution in [-0.2, 0) is 21.5 Å². The van der Waals surface area contributed by atoms with E-state index in [1.807, 2.05) is 18.2 Å². The summed E-state index contributed by atoms with van der Waals surface area (Å²) >= 11 is 0. The zero-order valence-electron chi connectivity index (χ0n) is 18.8. The van der Waals surface area contributed by atoms with Crippen molar-refractivity contribution in [2.45, 2.75) is 65.2 Å². The lowest BCUT2D eigenvalue weighted by atomic mass is 9.91. The first-order valence-corrected chi connectivity index (χ1v) is 10.8. The van der Waals surface area contributed by atoms with E-state index in [9.17, 15) is 0 Å². The molecule has 2 aromatic heterocycles. The lowest BCUT2D eigenvalue weighted by Crippen LogP contribution is -2.30. The van der Waals surface area contributed by atoms with E-state index in [4.69, 9.17) is 14.6 Å². The van der Waals surface area contributed by atoms with Gasteiger partial charge in [0.2, 0.25) is 0 Å². The highest BCUT2D eigenvalue weighted by atomic mass is 16.5. The van der Waals surface area contributed by atoms with Crippen LogP contribution in [0, 0.1) is 13.8 Å². The standard InChI is InChI=1S/C25H33N3O2/c1-18-11-12-19(2)27(18)24-15-23(25(3,4)5)28(26-24)21-13-14-30-22(21)17-29-16-20-9-7-6-8-10-20/h6-12,15,21-22H,13-14,16-17H2,1-5H3/t21-,22+/m0/s1. The average Bonchev–Trinajstić information content (AvgIpc) is 3.41. The van der Waals surface area contributed by atoms with Gasteiger partial charge in [-0.3, -0.25) is 4.68 Å². The molecule has 4 rings (SSSR count). The van der Waals surface area contributed by atoms with E-state index in [2.05, 4.69) is 74.2 Å². The van der Waals surface area contributed by atoms with Crippen molar-refractivity contribution in [3.63, 3.8) is 0 Å². The van der Waals surface area contributed by atoms with Gasteiger partial charge in [-0.05, 0) is 38.0 Å². The topological polar surface area (TPSA) is 41.2 Å². The van der Waals surface area contributed by atoms with E-state index in [-0.39, 0.29) is 17.6 Å². The third-order valence-corrected chi connectivity index (χ3v) is 5.87. The molecule has 0 saturated carbocycles. The first-order chi connectivity index (χ1) is 14.3. The number of rotatable bonds is 6. The minimum Gasteiger partial charge on any atom is -0.374 e. The second-order valence-corrected chi connectivity index (χ2v) is 9.30. The molecule has 0 N–H and O–H groups in total. The molecule has 3 heterocycles. The predicted octanol–water partition coefficient (Wildman–Crippen LogP) is 5.13. The first kappa shape index (κ1) is 20.9. The molecule has 0 unspecified atom stereocenters. The SMILES string of the molecule is Cc1ccc(C)n1-c1cc(C(C)(C)C)n([C@H]2CCO[C@@H]2COCc2ccccc2)n1. The smallest absolute Gasteiger partial charge is 0.159 e. The van der Waals surface area contributed by atoms with E-state index in [0.29, 0.717) is 13.2 Å². The van der Waals surface area contributed by atoms with Crippen LogP contribution in [0.3, 0.4) is 0 Å². The minimum absolute atomic E-state index is 0.00872. The van der Waals surface area contributed by atoms with Crippen molar-refractivity contribution in [2.75, 3.05) is 13.2 Å². The average molecular weight is 408 g/mol. The summed E-state index contributed by atoms with van der Waals surface area (Å²) in [4.78, 5) is 0. The van der Waals surface area contributed by atoms with Crippen molar-refractivity contribution in [1.29, 1.82) is 0 Å². The van der Waals surface area contributed by atoms with Crippen molar-refractivity contribution in [3.05, 3.63) is 71.2 Å². The van der Waals surface area contributed by atoms with Crippen LogP contribution in [0.25, 0.3) is 5.82 Å². The molecule has 5 nitrogen and oxygen atoms in total. The number of ether oxygens (including phenoxy) is 2. The molecular weight excluding hydrogens is 374 g/mol. The Hall–Kier alpha value is -2.37. The Balaban J connectivity index is 1.58. The third kappa shape index (κ3) is 4.23. The molecule has 1 saturated heterocycles. The van der Waals surface area contributed by atoms with E-state index in [1.165, 1.54) is 22.6 Å². The molecule has 0 spiro atoms. The summed E-state index contributed by atoms with van der Waals surface area (Å²) in [6.45, 7) is 12.9. The molecule has 30 heavy (non-hydrogen) atoms. The minimum atomic E-state index is -0.0156. The van der Waals surface area contributed by atoms with Crippen LogP contribution in [0.4, 0.5) is 0 Å². The van der Waals surface area contributed by atoms with Gasteiger partial charge in [0.25, 0.3) is 0 Å². The quantitative estimate of drug-likeness (QED) is 0.568. The predicted molar refractivity (Wildman–Crippen MR) is 119 cm³/mol. The normalized spacial score (nSPS) is 19.5. The van der Waals surface area contributed by atoms with Gasteiger partial charge in [0.15, 0.2) is 5.82 Å². The summed E-state index contributed by atoms with van der Waals surface area (Å²) in [5, 5.41) is 5.08. The van der Waals surface area contributed by atoms with Gasteiger partial charge in [-0.15, -0.1) is 0 Å². The molecule has 1 fully saturated rings. The molecule has 2 atom stereocenters. The van der Waals surface area contributed by atoms with Gasteiger partial charge in [0.05, 0.1) is 19.3 Å². The molecular formula is C25H33N3O2. The summed E-state index contributed by atoms with van der Waals surface area (Å²) in [5.74, 6) is 0.982. The monoisotopic (exact) mass is 407 g/mol. The van der Waals surface area contributed by atoms with Crippen LogP contribution >= 0.6 is 0 Å². The van der Waals surface area contributed by atoms with E-state index in [1.54, 1.807) is 0 Å². The summed E-state index contributed by atoms with van der Waals surface area (Å²) in [6.07, 6.45) is 0.960. The Morgan fingerprint density at radius 1 is 1.07 bits per heavy atom. The van der Waals surface area contributed by atoms with Crippen LogP contribution in [0.5, 0.6) is 0 Å². The second-order valence-electron chi connectivity index (χ2n) is 9.30. The highest BCUT2D eigenvalue weighted by Gasteiger charge is 2.35. The van der Waals surface area contributed by atoms with E-state index < -0.39 is 0 Å². The van der Waals surface area contributed by atoms with Crippen LogP contribution in [0.2, 0.25) is 0 Å². The van der Waals surface area contributed by atoms with Crippen LogP contribution in [-0.4, -0.2) is 33.7 Å². The Morgan fingerprint density at radius 2 is 1.77 bits per heavy atom. The Labute approximate surface area is 179 Å². The van der Waals surface area contributed by atoms with E-state index in [0.717, 1.165) is 18.8 Å². The molecule has 1 aliphatic rings. The fourth-order valence-electron chi connectivity index (χ4n) is 4.28. The molecule has 0 amide bonds. The number of hydrogen-bond donors (Lipinski definition) is 0. The van der Waals surface area contributed by atoms with Crippen molar-refractivity contribution in [3.8, 4) is 5.82 Å². The lowest BCUT2D eigenvalue weighted by molar-refractivity contribution is -0.00448. The Kier molecular flexibility index (Phi) is 5.85. The van der Waals surface area contributed by atoms with Crippen molar-refractivity contribution >= 4 is 0 Å². The highest BCUT2D eigenvalue weighted by Crippen LogP contribution is 2.34. The maximum Gasteiger partial charge on any atom is 0.159 e. The zero-order valence-corrected chi connectivity index (χ0v) is 18.8. The van der Waals surface area contributed by atoms with Gasteiger partial charge in [-0.1, -0.05) is 51.1 Å². The molecule has 0 aliphatic carbocycles. The number of nitrogens with zero attached hydrogens (tertiary/aromatic N) is 3. The fourth-order valence-corrected chi connectivity index (χ4v) is 4.28. The van der Waals surface area contributed by atoms with Gasteiger partial charge in [-0.2, -0.15) is 5.10 Å². The number of benzene rings is 1. The summed E-state index contributed by atoms with van der Waals surface area (Å²) in [7, 11) is 0. The van der Waals surface area contributed by atoms with Gasteiger partial charge in [-0.25, -0.2) is 0 Å². The molecule has 5 heteroatoms. The van der Waals surface area contributed by atoms with Crippen LogP contribution in [0.1, 0.15) is 55.9 Å².